The highest BCUT2D eigenvalue weighted by Crippen LogP contribution is 2.29. The molecule has 0 atom stereocenters. The maximum absolute atomic E-state index is 11.9. The Morgan fingerprint density at radius 3 is 2.58 bits per heavy atom. The monoisotopic (exact) mass is 347 g/mol. The smallest absolute Gasteiger partial charge is 0.336 e. The summed E-state index contributed by atoms with van der Waals surface area (Å²) in [6.45, 7) is 5.52. The minimum Gasteiger partial charge on any atom is -0.478 e. The van der Waals surface area contributed by atoms with E-state index in [0.717, 1.165) is 36.7 Å². The lowest BCUT2D eigenvalue weighted by atomic mass is 9.94. The zero-order valence-corrected chi connectivity index (χ0v) is 14.4. The van der Waals surface area contributed by atoms with Gasteiger partial charge in [-0.25, -0.2) is 4.79 Å². The number of nitrogens with zero attached hydrogens (tertiary/aromatic N) is 1. The fourth-order valence-electron chi connectivity index (χ4n) is 2.88. The molecule has 0 radical (unpaired) electrons. The Balaban J connectivity index is 2.01. The Morgan fingerprint density at radius 2 is 1.92 bits per heavy atom. The van der Waals surface area contributed by atoms with Gasteiger partial charge < -0.3 is 15.7 Å². The molecule has 0 amide bonds. The molecule has 3 rings (SSSR count). The van der Waals surface area contributed by atoms with Crippen LogP contribution < -0.4 is 10.6 Å². The van der Waals surface area contributed by atoms with Crippen molar-refractivity contribution in [2.24, 2.45) is 4.99 Å². The number of anilines is 1. The van der Waals surface area contributed by atoms with E-state index < -0.39 is 5.97 Å². The van der Waals surface area contributed by atoms with Crippen LogP contribution in [0.2, 0.25) is 0 Å². The summed E-state index contributed by atoms with van der Waals surface area (Å²) >= 11 is 0. The molecule has 2 aromatic rings. The number of hydrogen-bond donors (Lipinski definition) is 3. The molecule has 26 heavy (non-hydrogen) atoms. The third-order valence-electron chi connectivity index (χ3n) is 4.08. The van der Waals surface area contributed by atoms with Crippen molar-refractivity contribution in [1.29, 1.82) is 0 Å². The first-order valence-electron chi connectivity index (χ1n) is 8.50. The van der Waals surface area contributed by atoms with Crippen LogP contribution in [-0.2, 0) is 4.79 Å². The molecule has 2 aromatic carbocycles. The number of carboxylic acids is 1. The number of hydrogen-bond acceptors (Lipinski definition) is 4. The van der Waals surface area contributed by atoms with Gasteiger partial charge in [0.25, 0.3) is 0 Å². The van der Waals surface area contributed by atoms with Crippen molar-refractivity contribution in [2.75, 3.05) is 18.4 Å². The summed E-state index contributed by atoms with van der Waals surface area (Å²) in [6.07, 6.45) is 2.61. The molecule has 1 heterocycles. The van der Waals surface area contributed by atoms with Gasteiger partial charge in [-0.3, -0.25) is 4.99 Å². The van der Waals surface area contributed by atoms with Crippen LogP contribution in [0.3, 0.4) is 0 Å². The average Bonchev–Trinajstić information content (AvgIpc) is 2.67. The van der Waals surface area contributed by atoms with E-state index in [1.807, 2.05) is 42.5 Å². The number of aliphatic imine (C=N–C) groups is 1. The molecule has 3 N–H and O–H groups in total. The maximum Gasteiger partial charge on any atom is 0.336 e. The molecule has 0 aromatic heterocycles. The highest BCUT2D eigenvalue weighted by atomic mass is 16.4. The van der Waals surface area contributed by atoms with E-state index in [1.54, 1.807) is 18.2 Å². The molecule has 0 fully saturated rings. The summed E-state index contributed by atoms with van der Waals surface area (Å²) in [4.78, 5) is 16.3. The summed E-state index contributed by atoms with van der Waals surface area (Å²) in [5.74, 6) is -0.248. The van der Waals surface area contributed by atoms with Gasteiger partial charge in [-0.15, -0.1) is 0 Å². The second-order valence-electron chi connectivity index (χ2n) is 5.88. The Hall–Kier alpha value is -3.34. The highest BCUT2D eigenvalue weighted by molar-refractivity contribution is 6.25. The highest BCUT2D eigenvalue weighted by Gasteiger charge is 2.16. The standard InChI is InChI=1S/C21H21N3O2/c1-2-18(19(20(25)26)15-8-4-3-5-9-15)16-10-6-11-17(14-16)24-21-22-12-7-13-23-21/h2-6,8-11,14H,1,7,12-13H2,(H,25,26)(H2,22,23,24). The minimum absolute atomic E-state index is 0.228. The van der Waals surface area contributed by atoms with Crippen molar-refractivity contribution in [3.63, 3.8) is 0 Å². The molecule has 1 aliphatic heterocycles. The second-order valence-corrected chi connectivity index (χ2v) is 5.88. The van der Waals surface area contributed by atoms with Gasteiger partial charge in [0, 0.05) is 18.8 Å². The van der Waals surface area contributed by atoms with Gasteiger partial charge in [0.2, 0.25) is 0 Å². The van der Waals surface area contributed by atoms with Gasteiger partial charge >= 0.3 is 5.97 Å². The van der Waals surface area contributed by atoms with Crippen LogP contribution in [0.1, 0.15) is 17.5 Å². The quantitative estimate of drug-likeness (QED) is 0.439. The number of benzene rings is 2. The first-order valence-corrected chi connectivity index (χ1v) is 8.50. The third-order valence-corrected chi connectivity index (χ3v) is 4.08. The first-order chi connectivity index (χ1) is 12.7. The number of aliphatic carboxylic acids is 1. The normalized spacial score (nSPS) is 14.5. The number of guanidine groups is 1. The van der Waals surface area contributed by atoms with Crippen LogP contribution in [0.5, 0.6) is 0 Å². The van der Waals surface area contributed by atoms with E-state index in [-0.39, 0.29) is 5.57 Å². The molecule has 1 aliphatic rings. The number of carboxylic acid groups (broad SMARTS) is 1. The molecule has 0 saturated carbocycles. The molecular weight excluding hydrogens is 326 g/mol. The molecule has 0 unspecified atom stereocenters. The van der Waals surface area contributed by atoms with Crippen LogP contribution in [-0.4, -0.2) is 30.1 Å². The Bertz CT molecular complexity index is 870. The van der Waals surface area contributed by atoms with E-state index in [4.69, 9.17) is 0 Å². The molecule has 132 valence electrons. The number of carbonyl (C=O) groups is 1. The fourth-order valence-corrected chi connectivity index (χ4v) is 2.88. The van der Waals surface area contributed by atoms with Gasteiger partial charge in [-0.05, 0) is 35.3 Å². The van der Waals surface area contributed by atoms with Crippen LogP contribution >= 0.6 is 0 Å². The lowest BCUT2D eigenvalue weighted by Crippen LogP contribution is -2.35. The number of allylic oxidation sites excluding steroid dienone is 2. The maximum atomic E-state index is 11.9. The lowest BCUT2D eigenvalue weighted by molar-refractivity contribution is -0.130. The number of rotatable bonds is 5. The lowest BCUT2D eigenvalue weighted by Gasteiger charge is -2.17. The van der Waals surface area contributed by atoms with E-state index in [2.05, 4.69) is 22.2 Å². The largest absolute Gasteiger partial charge is 0.478 e. The second kappa shape index (κ2) is 8.16. The van der Waals surface area contributed by atoms with Crippen LogP contribution in [0.4, 0.5) is 5.69 Å². The van der Waals surface area contributed by atoms with Gasteiger partial charge in [0.15, 0.2) is 5.96 Å². The van der Waals surface area contributed by atoms with Crippen molar-refractivity contribution < 1.29 is 9.90 Å². The Kier molecular flexibility index (Phi) is 5.49. The summed E-state index contributed by atoms with van der Waals surface area (Å²) in [5.41, 5.74) is 3.07. The molecule has 0 saturated heterocycles. The topological polar surface area (TPSA) is 73.7 Å². The first kappa shape index (κ1) is 17.5. The predicted octanol–water partition coefficient (Wildman–Crippen LogP) is 3.63. The van der Waals surface area contributed by atoms with Gasteiger partial charge in [-0.1, -0.05) is 55.1 Å². The minimum atomic E-state index is -0.984. The summed E-state index contributed by atoms with van der Waals surface area (Å²) in [5, 5.41) is 16.2. The molecule has 0 aliphatic carbocycles. The van der Waals surface area contributed by atoms with Crippen molar-refractivity contribution >= 4 is 28.8 Å². The zero-order valence-electron chi connectivity index (χ0n) is 14.4. The number of nitrogens with one attached hydrogen (secondary N) is 2. The van der Waals surface area contributed by atoms with Crippen LogP contribution in [0.25, 0.3) is 11.1 Å². The average molecular weight is 347 g/mol. The fraction of sp³-hybridized carbons (Fsp3) is 0.143. The SMILES string of the molecule is C=CC(=C(C(=O)O)c1ccccc1)c1cccc(NC2=NCCCN2)c1. The van der Waals surface area contributed by atoms with Crippen molar-refractivity contribution in [3.05, 3.63) is 78.4 Å². The van der Waals surface area contributed by atoms with E-state index >= 15 is 0 Å². The summed E-state index contributed by atoms with van der Waals surface area (Å²) < 4.78 is 0. The third kappa shape index (κ3) is 4.00. The van der Waals surface area contributed by atoms with Crippen molar-refractivity contribution in [1.82, 2.24) is 5.32 Å². The van der Waals surface area contributed by atoms with Crippen molar-refractivity contribution in [2.45, 2.75) is 6.42 Å². The zero-order chi connectivity index (χ0) is 18.4. The van der Waals surface area contributed by atoms with Crippen molar-refractivity contribution in [3.8, 4) is 0 Å². The van der Waals surface area contributed by atoms with Gasteiger partial charge in [0.1, 0.15) is 0 Å². The van der Waals surface area contributed by atoms with E-state index in [9.17, 15) is 9.90 Å². The molecule has 0 bridgehead atoms. The predicted molar refractivity (Wildman–Crippen MR) is 106 cm³/mol. The summed E-state index contributed by atoms with van der Waals surface area (Å²) in [7, 11) is 0. The van der Waals surface area contributed by atoms with Crippen LogP contribution in [0.15, 0.2) is 72.2 Å². The summed E-state index contributed by atoms with van der Waals surface area (Å²) in [6, 6.07) is 16.7. The van der Waals surface area contributed by atoms with Gasteiger partial charge in [-0.2, -0.15) is 0 Å². The molecule has 5 heteroatoms. The Labute approximate surface area is 152 Å². The molecule has 5 nitrogen and oxygen atoms in total. The van der Waals surface area contributed by atoms with E-state index in [1.165, 1.54) is 0 Å². The van der Waals surface area contributed by atoms with Crippen LogP contribution in [0, 0.1) is 0 Å². The van der Waals surface area contributed by atoms with E-state index in [0.29, 0.717) is 11.1 Å². The van der Waals surface area contributed by atoms with Gasteiger partial charge in [0.05, 0.1) is 5.57 Å². The molecule has 0 spiro atoms. The molecular formula is C21H21N3O2. The Morgan fingerprint density at radius 1 is 1.15 bits per heavy atom.